The molecule has 8 nitrogen and oxygen atoms in total. The number of rotatable bonds is 10. The highest BCUT2D eigenvalue weighted by atomic mass is 16.2. The van der Waals surface area contributed by atoms with E-state index in [9.17, 15) is 9.59 Å². The molecule has 0 saturated carbocycles. The van der Waals surface area contributed by atoms with Crippen LogP contribution in [0.1, 0.15) is 25.7 Å². The monoisotopic (exact) mass is 272 g/mol. The van der Waals surface area contributed by atoms with E-state index < -0.39 is 12.1 Å². The lowest BCUT2D eigenvalue weighted by Gasteiger charge is -2.16. The molecule has 1 amide bonds. The Kier molecular flexibility index (Phi) is 9.37. The van der Waals surface area contributed by atoms with E-state index in [1.165, 1.54) is 0 Å². The minimum Gasteiger partial charge on any atom is -0.370 e. The summed E-state index contributed by atoms with van der Waals surface area (Å²) in [6, 6.07) is -1.20. The number of aliphatic imine (C=N–C) groups is 1. The van der Waals surface area contributed by atoms with Gasteiger partial charge in [-0.1, -0.05) is 0 Å². The van der Waals surface area contributed by atoms with Crippen molar-refractivity contribution in [3.8, 4) is 0 Å². The van der Waals surface area contributed by atoms with Crippen molar-refractivity contribution in [3.05, 3.63) is 0 Å². The van der Waals surface area contributed by atoms with Crippen LogP contribution in [0.4, 0.5) is 0 Å². The topological polar surface area (TPSA) is 163 Å². The van der Waals surface area contributed by atoms with E-state index in [2.05, 4.69) is 10.3 Å². The molecule has 0 spiro atoms. The van der Waals surface area contributed by atoms with Crippen molar-refractivity contribution in [3.63, 3.8) is 0 Å². The van der Waals surface area contributed by atoms with Crippen LogP contribution in [0, 0.1) is 0 Å². The number of carbonyl (C=O) groups excluding carboxylic acids is 2. The maximum Gasteiger partial charge on any atom is 0.237 e. The van der Waals surface area contributed by atoms with Gasteiger partial charge in [0.1, 0.15) is 6.29 Å². The summed E-state index contributed by atoms with van der Waals surface area (Å²) in [5.74, 6) is -0.334. The maximum absolute atomic E-state index is 11.7. The first-order chi connectivity index (χ1) is 9.01. The molecule has 0 rings (SSSR count). The molecule has 8 heteroatoms. The summed E-state index contributed by atoms with van der Waals surface area (Å²) in [7, 11) is 0. The highest BCUT2D eigenvalue weighted by Gasteiger charge is 2.16. The summed E-state index contributed by atoms with van der Waals surface area (Å²) in [6.07, 6.45) is 2.93. The molecule has 19 heavy (non-hydrogen) atoms. The predicted octanol–water partition coefficient (Wildman–Crippen LogP) is -2.21. The van der Waals surface area contributed by atoms with E-state index in [0.717, 1.165) is 0 Å². The van der Waals surface area contributed by atoms with Crippen LogP contribution in [-0.2, 0) is 9.59 Å². The standard InChI is InChI=1S/C11H24N6O2/c12-5-1-3-8(7-18)17-10(19)9(13)4-2-6-16-11(14)15/h7-9H,1-6,12-13H2,(H,17,19)(H4,14,15,16)/t8-,9-/m1/s1. The molecule has 0 saturated heterocycles. The highest BCUT2D eigenvalue weighted by molar-refractivity contribution is 5.84. The number of hydrogen-bond donors (Lipinski definition) is 5. The molecule has 0 aromatic heterocycles. The van der Waals surface area contributed by atoms with Gasteiger partial charge in [0.15, 0.2) is 5.96 Å². The second-order valence-corrected chi connectivity index (χ2v) is 4.24. The molecule has 0 heterocycles. The zero-order valence-corrected chi connectivity index (χ0v) is 11.0. The molecule has 0 radical (unpaired) electrons. The zero-order valence-electron chi connectivity index (χ0n) is 11.0. The van der Waals surface area contributed by atoms with Gasteiger partial charge in [0.05, 0.1) is 12.1 Å². The number of nitrogens with zero attached hydrogens (tertiary/aromatic N) is 1. The van der Waals surface area contributed by atoms with E-state index in [0.29, 0.717) is 45.1 Å². The summed E-state index contributed by atoms with van der Waals surface area (Å²) >= 11 is 0. The summed E-state index contributed by atoms with van der Waals surface area (Å²) in [6.45, 7) is 0.901. The van der Waals surface area contributed by atoms with Gasteiger partial charge in [-0.25, -0.2) is 0 Å². The van der Waals surface area contributed by atoms with Crippen molar-refractivity contribution in [1.29, 1.82) is 0 Å². The fourth-order valence-electron chi connectivity index (χ4n) is 1.45. The Hall–Kier alpha value is -1.67. The molecule has 0 aromatic rings. The highest BCUT2D eigenvalue weighted by Crippen LogP contribution is 1.98. The first kappa shape index (κ1) is 17.3. The van der Waals surface area contributed by atoms with Crippen molar-refractivity contribution in [2.75, 3.05) is 13.1 Å². The lowest BCUT2D eigenvalue weighted by Crippen LogP contribution is -2.46. The quantitative estimate of drug-likeness (QED) is 0.131. The fourth-order valence-corrected chi connectivity index (χ4v) is 1.45. The average molecular weight is 272 g/mol. The first-order valence-corrected chi connectivity index (χ1v) is 6.28. The summed E-state index contributed by atoms with van der Waals surface area (Å²) in [4.78, 5) is 26.2. The van der Waals surface area contributed by atoms with Crippen LogP contribution in [0.3, 0.4) is 0 Å². The second-order valence-electron chi connectivity index (χ2n) is 4.24. The second kappa shape index (κ2) is 10.3. The van der Waals surface area contributed by atoms with E-state index in [1.54, 1.807) is 0 Å². The van der Waals surface area contributed by atoms with Crippen molar-refractivity contribution in [2.45, 2.75) is 37.8 Å². The predicted molar refractivity (Wildman–Crippen MR) is 74.2 cm³/mol. The summed E-state index contributed by atoms with van der Waals surface area (Å²) in [5.41, 5.74) is 21.4. The number of guanidine groups is 1. The van der Waals surface area contributed by atoms with Gasteiger partial charge < -0.3 is 33.0 Å². The van der Waals surface area contributed by atoms with Crippen LogP contribution in [0.15, 0.2) is 4.99 Å². The third-order valence-corrected chi connectivity index (χ3v) is 2.52. The van der Waals surface area contributed by atoms with Crippen molar-refractivity contribution in [2.24, 2.45) is 27.9 Å². The smallest absolute Gasteiger partial charge is 0.237 e. The minimum absolute atomic E-state index is 0.0147. The molecule has 2 atom stereocenters. The minimum atomic E-state index is -0.672. The Morgan fingerprint density at radius 3 is 2.47 bits per heavy atom. The Morgan fingerprint density at radius 1 is 1.26 bits per heavy atom. The van der Waals surface area contributed by atoms with Gasteiger partial charge in [0.25, 0.3) is 0 Å². The number of amides is 1. The Labute approximate surface area is 113 Å². The SMILES string of the molecule is NCCC[C@H](C=O)NC(=O)[C@H](N)CCCN=C(N)N. The maximum atomic E-state index is 11.7. The van der Waals surface area contributed by atoms with E-state index >= 15 is 0 Å². The first-order valence-electron chi connectivity index (χ1n) is 6.28. The number of aldehydes is 1. The Bertz CT molecular complexity index is 304. The van der Waals surface area contributed by atoms with Crippen molar-refractivity contribution in [1.82, 2.24) is 5.32 Å². The van der Waals surface area contributed by atoms with Gasteiger partial charge in [-0.2, -0.15) is 0 Å². The number of nitrogens with one attached hydrogen (secondary N) is 1. The third-order valence-electron chi connectivity index (χ3n) is 2.52. The van der Waals surface area contributed by atoms with E-state index in [1.807, 2.05) is 0 Å². The molecule has 0 fully saturated rings. The van der Waals surface area contributed by atoms with E-state index in [4.69, 9.17) is 22.9 Å². The summed E-state index contributed by atoms with van der Waals surface area (Å²) < 4.78 is 0. The third kappa shape index (κ3) is 8.97. The normalized spacial score (nSPS) is 13.4. The Balaban J connectivity index is 3.97. The number of carbonyl (C=O) groups is 2. The van der Waals surface area contributed by atoms with Crippen LogP contribution in [0.25, 0.3) is 0 Å². The zero-order chi connectivity index (χ0) is 14.7. The largest absolute Gasteiger partial charge is 0.370 e. The molecule has 0 unspecified atom stereocenters. The van der Waals surface area contributed by atoms with Crippen LogP contribution < -0.4 is 28.3 Å². The van der Waals surface area contributed by atoms with Gasteiger partial charge in [-0.15, -0.1) is 0 Å². The van der Waals surface area contributed by atoms with E-state index in [-0.39, 0.29) is 11.9 Å². The fraction of sp³-hybridized carbons (Fsp3) is 0.727. The van der Waals surface area contributed by atoms with Gasteiger partial charge in [-0.05, 0) is 32.2 Å². The molecule has 0 bridgehead atoms. The van der Waals surface area contributed by atoms with Gasteiger partial charge in [-0.3, -0.25) is 9.79 Å². The lowest BCUT2D eigenvalue weighted by molar-refractivity contribution is -0.125. The van der Waals surface area contributed by atoms with Crippen LogP contribution in [0.5, 0.6) is 0 Å². The molecule has 0 aliphatic rings. The molecule has 0 aliphatic heterocycles. The van der Waals surface area contributed by atoms with Crippen LogP contribution in [-0.4, -0.2) is 43.3 Å². The van der Waals surface area contributed by atoms with Crippen LogP contribution in [0.2, 0.25) is 0 Å². The van der Waals surface area contributed by atoms with Gasteiger partial charge >= 0.3 is 0 Å². The van der Waals surface area contributed by atoms with Gasteiger partial charge in [0, 0.05) is 6.54 Å². The average Bonchev–Trinajstić information content (AvgIpc) is 2.38. The Morgan fingerprint density at radius 2 is 1.95 bits per heavy atom. The molecule has 0 aliphatic carbocycles. The lowest BCUT2D eigenvalue weighted by atomic mass is 10.1. The molecular weight excluding hydrogens is 248 g/mol. The molecule has 0 aromatic carbocycles. The number of hydrogen-bond acceptors (Lipinski definition) is 5. The van der Waals surface area contributed by atoms with Crippen molar-refractivity contribution < 1.29 is 9.59 Å². The van der Waals surface area contributed by atoms with Crippen molar-refractivity contribution >= 4 is 18.2 Å². The molecular formula is C11H24N6O2. The summed E-state index contributed by atoms with van der Waals surface area (Å²) in [5, 5.41) is 2.58. The van der Waals surface area contributed by atoms with Gasteiger partial charge in [0.2, 0.25) is 5.91 Å². The number of nitrogens with two attached hydrogens (primary N) is 4. The molecule has 110 valence electrons. The molecule has 9 N–H and O–H groups in total. The van der Waals surface area contributed by atoms with Crippen LogP contribution >= 0.6 is 0 Å².